The number of alkyl halides is 3. The molecule has 0 unspecified atom stereocenters. The van der Waals surface area contributed by atoms with Crippen molar-refractivity contribution in [1.82, 2.24) is 4.98 Å². The lowest BCUT2D eigenvalue weighted by atomic mass is 9.93. The maximum Gasteiger partial charge on any atom is 0.417 e. The number of aliphatic hydroxyl groups excluding tert-OH is 1. The standard InChI is InChI=1S/C16H16F4N2O/c17-10-5-9-8-21-15(22-11-1-3-12(23)4-2-11)7-13(9)14(6-10)16(18,19)20/h5-8,11-12,23H,1-4H2,(H,21,22)/t11-,12-. The van der Waals surface area contributed by atoms with Gasteiger partial charge in [-0.1, -0.05) is 0 Å². The monoisotopic (exact) mass is 328 g/mol. The molecule has 1 heterocycles. The van der Waals surface area contributed by atoms with Gasteiger partial charge >= 0.3 is 6.18 Å². The molecular weight excluding hydrogens is 312 g/mol. The summed E-state index contributed by atoms with van der Waals surface area (Å²) in [7, 11) is 0. The highest BCUT2D eigenvalue weighted by molar-refractivity contribution is 5.87. The third-order valence-electron chi connectivity index (χ3n) is 4.15. The molecule has 0 amide bonds. The van der Waals surface area contributed by atoms with E-state index in [1.54, 1.807) is 0 Å². The van der Waals surface area contributed by atoms with Crippen LogP contribution in [-0.2, 0) is 6.18 Å². The molecule has 2 N–H and O–H groups in total. The third-order valence-corrected chi connectivity index (χ3v) is 4.15. The summed E-state index contributed by atoms with van der Waals surface area (Å²) in [5.74, 6) is -0.607. The predicted octanol–water partition coefficient (Wildman–Crippen LogP) is 4.11. The van der Waals surface area contributed by atoms with Crippen LogP contribution in [0.1, 0.15) is 31.2 Å². The highest BCUT2D eigenvalue weighted by Crippen LogP contribution is 2.36. The number of halogens is 4. The number of anilines is 1. The number of aliphatic hydroxyl groups is 1. The summed E-state index contributed by atoms with van der Waals surface area (Å²) in [6.07, 6.45) is -0.916. The van der Waals surface area contributed by atoms with Crippen LogP contribution in [0.15, 0.2) is 24.4 Å². The highest BCUT2D eigenvalue weighted by Gasteiger charge is 2.33. The first-order valence-electron chi connectivity index (χ1n) is 7.44. The number of hydrogen-bond donors (Lipinski definition) is 2. The number of pyridine rings is 1. The highest BCUT2D eigenvalue weighted by atomic mass is 19.4. The Labute approximate surface area is 130 Å². The van der Waals surface area contributed by atoms with Crippen molar-refractivity contribution in [2.75, 3.05) is 5.32 Å². The van der Waals surface area contributed by atoms with E-state index < -0.39 is 17.6 Å². The quantitative estimate of drug-likeness (QED) is 0.816. The van der Waals surface area contributed by atoms with Crippen LogP contribution in [0.25, 0.3) is 10.8 Å². The topological polar surface area (TPSA) is 45.1 Å². The summed E-state index contributed by atoms with van der Waals surface area (Å²) in [4.78, 5) is 4.08. The molecule has 2 aromatic rings. The molecule has 1 aromatic heterocycles. The number of hydrogen-bond acceptors (Lipinski definition) is 3. The van der Waals surface area contributed by atoms with Gasteiger partial charge in [0.05, 0.1) is 11.7 Å². The molecule has 7 heteroatoms. The van der Waals surface area contributed by atoms with Crippen molar-refractivity contribution < 1.29 is 22.7 Å². The number of aromatic nitrogens is 1. The molecule has 1 fully saturated rings. The average Bonchev–Trinajstić information content (AvgIpc) is 2.48. The van der Waals surface area contributed by atoms with Crippen LogP contribution >= 0.6 is 0 Å². The first-order chi connectivity index (χ1) is 10.8. The van der Waals surface area contributed by atoms with Crippen LogP contribution in [0.2, 0.25) is 0 Å². The molecule has 0 radical (unpaired) electrons. The van der Waals surface area contributed by atoms with E-state index in [4.69, 9.17) is 0 Å². The van der Waals surface area contributed by atoms with Crippen molar-refractivity contribution in [3.8, 4) is 0 Å². The van der Waals surface area contributed by atoms with Gasteiger partial charge in [0.15, 0.2) is 0 Å². The Morgan fingerprint density at radius 2 is 1.78 bits per heavy atom. The third kappa shape index (κ3) is 3.55. The van der Waals surface area contributed by atoms with Gasteiger partial charge in [0.25, 0.3) is 0 Å². The zero-order valence-electron chi connectivity index (χ0n) is 12.2. The number of nitrogens with zero attached hydrogens (tertiary/aromatic N) is 1. The van der Waals surface area contributed by atoms with Gasteiger partial charge in [0.1, 0.15) is 11.6 Å². The minimum atomic E-state index is -4.63. The van der Waals surface area contributed by atoms with Gasteiger partial charge < -0.3 is 10.4 Å². The van der Waals surface area contributed by atoms with Crippen LogP contribution in [-0.4, -0.2) is 22.2 Å². The lowest BCUT2D eigenvalue weighted by Gasteiger charge is -2.26. The Hall–Kier alpha value is -1.89. The van der Waals surface area contributed by atoms with E-state index in [0.717, 1.165) is 18.9 Å². The van der Waals surface area contributed by atoms with E-state index in [1.807, 2.05) is 0 Å². The fraction of sp³-hybridized carbons (Fsp3) is 0.438. The second-order valence-corrected chi connectivity index (χ2v) is 5.89. The number of fused-ring (bicyclic) bond motifs is 1. The van der Waals surface area contributed by atoms with Crippen molar-refractivity contribution in [3.05, 3.63) is 35.8 Å². The fourth-order valence-corrected chi connectivity index (χ4v) is 2.96. The van der Waals surface area contributed by atoms with E-state index in [9.17, 15) is 22.7 Å². The van der Waals surface area contributed by atoms with Crippen LogP contribution in [0.3, 0.4) is 0 Å². The Morgan fingerprint density at radius 3 is 2.43 bits per heavy atom. The first kappa shape index (κ1) is 16.0. The second-order valence-electron chi connectivity index (χ2n) is 5.89. The van der Waals surface area contributed by atoms with E-state index in [0.29, 0.717) is 24.7 Å². The molecule has 1 saturated carbocycles. The summed E-state index contributed by atoms with van der Waals surface area (Å²) in [6.45, 7) is 0. The van der Waals surface area contributed by atoms with Crippen LogP contribution in [0.5, 0.6) is 0 Å². The van der Waals surface area contributed by atoms with E-state index in [1.165, 1.54) is 12.3 Å². The van der Waals surface area contributed by atoms with Crippen LogP contribution in [0, 0.1) is 5.82 Å². The van der Waals surface area contributed by atoms with Gasteiger partial charge in [0, 0.05) is 17.6 Å². The van der Waals surface area contributed by atoms with Gasteiger partial charge in [-0.25, -0.2) is 9.37 Å². The second kappa shape index (κ2) is 5.96. The predicted molar refractivity (Wildman–Crippen MR) is 78.6 cm³/mol. The smallest absolute Gasteiger partial charge is 0.393 e. The minimum absolute atomic E-state index is 0.0677. The SMILES string of the molecule is O[C@H]1CC[C@H](Nc2cc3c(C(F)(F)F)cc(F)cc3cn2)CC1. The summed E-state index contributed by atoms with van der Waals surface area (Å²) in [5, 5.41) is 12.6. The van der Waals surface area contributed by atoms with Gasteiger partial charge in [0.2, 0.25) is 0 Å². The fourth-order valence-electron chi connectivity index (χ4n) is 2.96. The average molecular weight is 328 g/mol. The molecule has 0 aliphatic heterocycles. The number of rotatable bonds is 2. The normalized spacial score (nSPS) is 22.3. The zero-order valence-corrected chi connectivity index (χ0v) is 12.2. The molecule has 0 saturated heterocycles. The van der Waals surface area contributed by atoms with Gasteiger partial charge in [-0.15, -0.1) is 0 Å². The molecule has 1 aliphatic rings. The summed E-state index contributed by atoms with van der Waals surface area (Å²) in [5.41, 5.74) is -1.00. The minimum Gasteiger partial charge on any atom is -0.393 e. The lowest BCUT2D eigenvalue weighted by molar-refractivity contribution is -0.136. The van der Waals surface area contributed by atoms with Crippen LogP contribution in [0.4, 0.5) is 23.4 Å². The molecule has 23 heavy (non-hydrogen) atoms. The van der Waals surface area contributed by atoms with E-state index >= 15 is 0 Å². The molecule has 1 aromatic carbocycles. The Morgan fingerprint density at radius 1 is 1.09 bits per heavy atom. The van der Waals surface area contributed by atoms with E-state index in [2.05, 4.69) is 10.3 Å². The van der Waals surface area contributed by atoms with Crippen LogP contribution < -0.4 is 5.32 Å². The molecule has 3 rings (SSSR count). The zero-order chi connectivity index (χ0) is 16.6. The summed E-state index contributed by atoms with van der Waals surface area (Å²) < 4.78 is 52.7. The van der Waals surface area contributed by atoms with Crippen molar-refractivity contribution in [2.24, 2.45) is 0 Å². The molecule has 0 bridgehead atoms. The first-order valence-corrected chi connectivity index (χ1v) is 7.44. The summed E-state index contributed by atoms with van der Waals surface area (Å²) in [6, 6.07) is 2.92. The van der Waals surface area contributed by atoms with Gasteiger partial charge in [-0.2, -0.15) is 13.2 Å². The summed E-state index contributed by atoms with van der Waals surface area (Å²) >= 11 is 0. The van der Waals surface area contributed by atoms with Crippen molar-refractivity contribution >= 4 is 16.6 Å². The van der Waals surface area contributed by atoms with Gasteiger partial charge in [-0.3, -0.25) is 0 Å². The molecule has 1 aliphatic carbocycles. The molecule has 0 atom stereocenters. The van der Waals surface area contributed by atoms with Crippen molar-refractivity contribution in [1.29, 1.82) is 0 Å². The molecule has 3 nitrogen and oxygen atoms in total. The molecular formula is C16H16F4N2O. The Bertz CT molecular complexity index is 709. The van der Waals surface area contributed by atoms with Crippen molar-refractivity contribution in [3.63, 3.8) is 0 Å². The van der Waals surface area contributed by atoms with Crippen molar-refractivity contribution in [2.45, 2.75) is 44.0 Å². The largest absolute Gasteiger partial charge is 0.417 e. The number of benzene rings is 1. The maximum atomic E-state index is 13.4. The van der Waals surface area contributed by atoms with E-state index in [-0.39, 0.29) is 22.9 Å². The van der Waals surface area contributed by atoms with Gasteiger partial charge in [-0.05, 0) is 49.3 Å². The number of nitrogens with one attached hydrogen (secondary N) is 1. The Balaban J connectivity index is 1.93. The maximum absolute atomic E-state index is 13.4. The lowest BCUT2D eigenvalue weighted by Crippen LogP contribution is -2.28. The Kier molecular flexibility index (Phi) is 4.14. The molecule has 124 valence electrons. The molecule has 0 spiro atoms.